The first-order valence-electron chi connectivity index (χ1n) is 8.05. The molecule has 2 aliphatic heterocycles. The highest BCUT2D eigenvalue weighted by atomic mass is 19.3. The molecular weight excluding hydrogens is 305 g/mol. The molecule has 23 heavy (non-hydrogen) atoms. The molecule has 0 bridgehead atoms. The first kappa shape index (κ1) is 16.9. The third-order valence-corrected chi connectivity index (χ3v) is 4.95. The Balaban J connectivity index is 1.91. The van der Waals surface area contributed by atoms with E-state index in [1.54, 1.807) is 6.20 Å². The maximum Gasteiger partial charge on any atom is 0.498 e. The molecule has 0 aliphatic carbocycles. The van der Waals surface area contributed by atoms with Crippen LogP contribution in [0.15, 0.2) is 6.20 Å². The van der Waals surface area contributed by atoms with Crippen molar-refractivity contribution in [3.8, 4) is 0 Å². The fourth-order valence-corrected chi connectivity index (χ4v) is 2.82. The summed E-state index contributed by atoms with van der Waals surface area (Å²) in [5, 5.41) is 4.06. The van der Waals surface area contributed by atoms with Gasteiger partial charge in [0.1, 0.15) is 11.9 Å². The van der Waals surface area contributed by atoms with Crippen LogP contribution in [0.2, 0.25) is 0 Å². The molecule has 3 rings (SSSR count). The molecule has 2 saturated heterocycles. The van der Waals surface area contributed by atoms with E-state index in [0.29, 0.717) is 6.61 Å². The second-order valence-electron chi connectivity index (χ2n) is 7.16. The van der Waals surface area contributed by atoms with Crippen LogP contribution in [-0.2, 0) is 14.0 Å². The highest BCUT2D eigenvalue weighted by molar-refractivity contribution is 6.62. The average Bonchev–Trinajstić information content (AvgIpc) is 3.00. The predicted octanol–water partition coefficient (Wildman–Crippen LogP) is 2.82. The molecule has 128 valence electrons. The van der Waals surface area contributed by atoms with Crippen LogP contribution < -0.4 is 5.46 Å². The Morgan fingerprint density at radius 3 is 2.39 bits per heavy atom. The summed E-state index contributed by atoms with van der Waals surface area (Å²) in [5.74, 6) is 0. The number of ether oxygens (including phenoxy) is 1. The van der Waals surface area contributed by atoms with Gasteiger partial charge in [0.15, 0.2) is 0 Å². The van der Waals surface area contributed by atoms with Gasteiger partial charge in [-0.25, -0.2) is 13.5 Å². The Labute approximate surface area is 135 Å². The number of nitrogens with zero attached hydrogens (tertiary/aromatic N) is 2. The SMILES string of the molecule is CC1(C)OB(c2cn(C3CCCCO3)nc2C(F)F)OC1(C)C. The zero-order valence-corrected chi connectivity index (χ0v) is 14.0. The van der Waals surface area contributed by atoms with Gasteiger partial charge in [-0.3, -0.25) is 0 Å². The van der Waals surface area contributed by atoms with Crippen molar-refractivity contribution in [1.82, 2.24) is 9.78 Å². The van der Waals surface area contributed by atoms with Crippen LogP contribution in [0.4, 0.5) is 8.78 Å². The molecule has 1 aromatic rings. The second kappa shape index (κ2) is 5.83. The van der Waals surface area contributed by atoms with Gasteiger partial charge in [-0.2, -0.15) is 5.10 Å². The highest BCUT2D eigenvalue weighted by Crippen LogP contribution is 2.37. The number of halogens is 2. The van der Waals surface area contributed by atoms with Crippen LogP contribution in [0, 0.1) is 0 Å². The normalized spacial score (nSPS) is 26.9. The number of rotatable bonds is 3. The molecule has 0 N–H and O–H groups in total. The van der Waals surface area contributed by atoms with Gasteiger partial charge < -0.3 is 14.0 Å². The minimum absolute atomic E-state index is 0.285. The third-order valence-electron chi connectivity index (χ3n) is 4.95. The number of alkyl halides is 2. The first-order valence-corrected chi connectivity index (χ1v) is 8.05. The van der Waals surface area contributed by atoms with Gasteiger partial charge in [0.05, 0.1) is 11.2 Å². The summed E-state index contributed by atoms with van der Waals surface area (Å²) >= 11 is 0. The van der Waals surface area contributed by atoms with Crippen molar-refractivity contribution in [2.24, 2.45) is 0 Å². The lowest BCUT2D eigenvalue weighted by molar-refractivity contribution is -0.0402. The van der Waals surface area contributed by atoms with E-state index in [4.69, 9.17) is 14.0 Å². The Hall–Kier alpha value is -0.985. The quantitative estimate of drug-likeness (QED) is 0.801. The Morgan fingerprint density at radius 1 is 1.22 bits per heavy atom. The zero-order valence-electron chi connectivity index (χ0n) is 14.0. The fourth-order valence-electron chi connectivity index (χ4n) is 2.82. The van der Waals surface area contributed by atoms with Crippen molar-refractivity contribution in [3.05, 3.63) is 11.9 Å². The summed E-state index contributed by atoms with van der Waals surface area (Å²) in [6.07, 6.45) is 1.36. The van der Waals surface area contributed by atoms with E-state index in [-0.39, 0.29) is 17.4 Å². The van der Waals surface area contributed by atoms with Crippen molar-refractivity contribution in [1.29, 1.82) is 0 Å². The van der Waals surface area contributed by atoms with Crippen LogP contribution in [0.25, 0.3) is 0 Å². The first-order chi connectivity index (χ1) is 10.7. The minimum atomic E-state index is -2.69. The summed E-state index contributed by atoms with van der Waals surface area (Å²) in [4.78, 5) is 0. The maximum atomic E-state index is 13.4. The smallest absolute Gasteiger partial charge is 0.399 e. The van der Waals surface area contributed by atoms with Crippen molar-refractivity contribution in [2.75, 3.05) is 6.61 Å². The molecule has 1 atom stereocenters. The molecule has 0 aromatic carbocycles. The van der Waals surface area contributed by atoms with E-state index in [1.807, 2.05) is 27.7 Å². The lowest BCUT2D eigenvalue weighted by atomic mass is 9.79. The third kappa shape index (κ3) is 3.04. The number of aromatic nitrogens is 2. The monoisotopic (exact) mass is 328 g/mol. The van der Waals surface area contributed by atoms with Gasteiger partial charge >= 0.3 is 7.12 Å². The van der Waals surface area contributed by atoms with Crippen molar-refractivity contribution in [2.45, 2.75) is 70.8 Å². The van der Waals surface area contributed by atoms with E-state index in [1.165, 1.54) is 4.68 Å². The molecular formula is C15H23BF2N2O3. The Bertz CT molecular complexity index is 555. The van der Waals surface area contributed by atoms with Crippen LogP contribution >= 0.6 is 0 Å². The Kier molecular flexibility index (Phi) is 4.27. The summed E-state index contributed by atoms with van der Waals surface area (Å²) in [5.41, 5.74) is -1.17. The molecule has 2 aliphatic rings. The zero-order chi connectivity index (χ0) is 16.8. The molecule has 0 spiro atoms. The van der Waals surface area contributed by atoms with Gasteiger partial charge in [-0.15, -0.1) is 0 Å². The van der Waals surface area contributed by atoms with Gasteiger partial charge in [0.25, 0.3) is 6.43 Å². The second-order valence-corrected chi connectivity index (χ2v) is 7.16. The predicted molar refractivity (Wildman–Crippen MR) is 81.7 cm³/mol. The van der Waals surface area contributed by atoms with E-state index >= 15 is 0 Å². The molecule has 0 saturated carbocycles. The molecule has 3 heterocycles. The lowest BCUT2D eigenvalue weighted by Gasteiger charge is -2.32. The summed E-state index contributed by atoms with van der Waals surface area (Å²) in [6, 6.07) is 0. The molecule has 0 amide bonds. The van der Waals surface area contributed by atoms with Gasteiger partial charge in [-0.1, -0.05) is 0 Å². The fraction of sp³-hybridized carbons (Fsp3) is 0.800. The van der Waals surface area contributed by atoms with Crippen LogP contribution in [0.1, 0.15) is 65.3 Å². The molecule has 2 fully saturated rings. The largest absolute Gasteiger partial charge is 0.498 e. The van der Waals surface area contributed by atoms with E-state index in [2.05, 4.69) is 5.10 Å². The number of hydrogen-bond acceptors (Lipinski definition) is 4. The van der Waals surface area contributed by atoms with Crippen molar-refractivity contribution >= 4 is 12.6 Å². The van der Waals surface area contributed by atoms with E-state index in [0.717, 1.165) is 19.3 Å². The molecule has 1 unspecified atom stereocenters. The molecule has 1 aromatic heterocycles. The van der Waals surface area contributed by atoms with Crippen molar-refractivity contribution < 1.29 is 22.8 Å². The van der Waals surface area contributed by atoms with Gasteiger partial charge in [-0.05, 0) is 47.0 Å². The van der Waals surface area contributed by atoms with E-state index < -0.39 is 24.7 Å². The summed E-state index contributed by atoms with van der Waals surface area (Å²) in [7, 11) is -0.846. The Morgan fingerprint density at radius 2 is 1.87 bits per heavy atom. The van der Waals surface area contributed by atoms with Crippen molar-refractivity contribution in [3.63, 3.8) is 0 Å². The van der Waals surface area contributed by atoms with Crippen LogP contribution in [0.3, 0.4) is 0 Å². The highest BCUT2D eigenvalue weighted by Gasteiger charge is 2.53. The van der Waals surface area contributed by atoms with Gasteiger partial charge in [0.2, 0.25) is 0 Å². The average molecular weight is 328 g/mol. The lowest BCUT2D eigenvalue weighted by Crippen LogP contribution is -2.41. The van der Waals surface area contributed by atoms with Gasteiger partial charge in [0, 0.05) is 18.3 Å². The summed E-state index contributed by atoms with van der Waals surface area (Å²) < 4.78 is 45.7. The maximum absolute atomic E-state index is 13.4. The molecule has 8 heteroatoms. The summed E-state index contributed by atoms with van der Waals surface area (Å²) in [6.45, 7) is 8.20. The topological polar surface area (TPSA) is 45.5 Å². The van der Waals surface area contributed by atoms with E-state index in [9.17, 15) is 8.78 Å². The van der Waals surface area contributed by atoms with Crippen LogP contribution in [0.5, 0.6) is 0 Å². The molecule has 0 radical (unpaired) electrons. The minimum Gasteiger partial charge on any atom is -0.399 e. The standard InChI is InChI=1S/C15H23BF2N2O3/c1-14(2)15(3,4)23-16(22-14)10-9-20(19-12(10)13(17)18)11-7-5-6-8-21-11/h9,11,13H,5-8H2,1-4H3. The number of hydrogen-bond donors (Lipinski definition) is 0. The molecule has 5 nitrogen and oxygen atoms in total. The van der Waals surface area contributed by atoms with Crippen LogP contribution in [-0.4, -0.2) is 34.7 Å².